The Morgan fingerprint density at radius 2 is 1.90 bits per heavy atom. The van der Waals surface area contributed by atoms with Gasteiger partial charge in [0.2, 0.25) is 0 Å². The lowest BCUT2D eigenvalue weighted by molar-refractivity contribution is 0.102. The molecule has 0 saturated heterocycles. The summed E-state index contributed by atoms with van der Waals surface area (Å²) >= 11 is 1.51. The van der Waals surface area contributed by atoms with Crippen molar-refractivity contribution in [2.45, 2.75) is 19.8 Å². The van der Waals surface area contributed by atoms with Crippen molar-refractivity contribution >= 4 is 32.6 Å². The average Bonchev–Trinajstić information content (AvgIpc) is 2.89. The Balaban J connectivity index is 1.86. The van der Waals surface area contributed by atoms with E-state index < -0.39 is 0 Å². The van der Waals surface area contributed by atoms with Crippen LogP contribution in [0.2, 0.25) is 0 Å². The summed E-state index contributed by atoms with van der Waals surface area (Å²) in [5, 5.41) is 3.50. The van der Waals surface area contributed by atoms with E-state index in [-0.39, 0.29) is 5.91 Å². The molecule has 4 heteroatoms. The summed E-state index contributed by atoms with van der Waals surface area (Å²) in [7, 11) is 0. The average molecular weight is 296 g/mol. The predicted octanol–water partition coefficient (Wildman–Crippen LogP) is 4.67. The zero-order valence-electron chi connectivity index (χ0n) is 12.0. The van der Waals surface area contributed by atoms with Crippen molar-refractivity contribution < 1.29 is 4.79 Å². The highest BCUT2D eigenvalue weighted by atomic mass is 32.1. The van der Waals surface area contributed by atoms with E-state index in [2.05, 4.69) is 36.3 Å². The molecule has 0 fully saturated rings. The van der Waals surface area contributed by atoms with Crippen molar-refractivity contribution in [3.63, 3.8) is 0 Å². The Morgan fingerprint density at radius 3 is 2.62 bits per heavy atom. The second kappa shape index (κ2) is 5.66. The first-order valence-electron chi connectivity index (χ1n) is 6.90. The third kappa shape index (κ3) is 2.95. The Labute approximate surface area is 127 Å². The van der Waals surface area contributed by atoms with Crippen molar-refractivity contribution in [2.24, 2.45) is 0 Å². The van der Waals surface area contributed by atoms with Crippen LogP contribution < -0.4 is 5.32 Å². The summed E-state index contributed by atoms with van der Waals surface area (Å²) in [5.74, 6) is 0.359. The van der Waals surface area contributed by atoms with Gasteiger partial charge >= 0.3 is 0 Å². The van der Waals surface area contributed by atoms with E-state index in [1.165, 1.54) is 16.9 Å². The third-order valence-electron chi connectivity index (χ3n) is 3.34. The van der Waals surface area contributed by atoms with E-state index in [9.17, 15) is 4.79 Å². The fraction of sp³-hybridized carbons (Fsp3) is 0.176. The van der Waals surface area contributed by atoms with Crippen molar-refractivity contribution in [2.75, 3.05) is 5.32 Å². The van der Waals surface area contributed by atoms with Crippen LogP contribution in [0.4, 0.5) is 5.13 Å². The molecule has 0 radical (unpaired) electrons. The smallest absolute Gasteiger partial charge is 0.257 e. The SMILES string of the molecule is CC(C)c1ccc2nc(NC(=O)c3ccccc3)sc2c1. The predicted molar refractivity (Wildman–Crippen MR) is 88.1 cm³/mol. The number of rotatable bonds is 3. The maximum absolute atomic E-state index is 12.1. The number of aromatic nitrogens is 1. The highest BCUT2D eigenvalue weighted by Crippen LogP contribution is 2.29. The van der Waals surface area contributed by atoms with Crippen LogP contribution in [-0.4, -0.2) is 10.9 Å². The van der Waals surface area contributed by atoms with Gasteiger partial charge in [0, 0.05) is 5.56 Å². The topological polar surface area (TPSA) is 42.0 Å². The van der Waals surface area contributed by atoms with Crippen molar-refractivity contribution in [3.05, 3.63) is 59.7 Å². The minimum Gasteiger partial charge on any atom is -0.298 e. The molecule has 0 atom stereocenters. The normalized spacial score (nSPS) is 11.0. The number of carbonyl (C=O) groups excluding carboxylic acids is 1. The van der Waals surface area contributed by atoms with Gasteiger partial charge in [-0.3, -0.25) is 10.1 Å². The Morgan fingerprint density at radius 1 is 1.14 bits per heavy atom. The first-order chi connectivity index (χ1) is 10.1. The molecule has 0 aliphatic carbocycles. The summed E-state index contributed by atoms with van der Waals surface area (Å²) in [5.41, 5.74) is 2.85. The second-order valence-electron chi connectivity index (χ2n) is 5.22. The highest BCUT2D eigenvalue weighted by molar-refractivity contribution is 7.22. The van der Waals surface area contributed by atoms with Crippen molar-refractivity contribution in [3.8, 4) is 0 Å². The molecule has 1 heterocycles. The summed E-state index contributed by atoms with van der Waals surface area (Å²) < 4.78 is 1.10. The van der Waals surface area contributed by atoms with Gasteiger partial charge < -0.3 is 0 Å². The number of amides is 1. The van der Waals surface area contributed by atoms with E-state index in [1.54, 1.807) is 12.1 Å². The standard InChI is InChI=1S/C17H16N2OS/c1-11(2)13-8-9-14-15(10-13)21-17(18-14)19-16(20)12-6-4-3-5-7-12/h3-11H,1-2H3,(H,18,19,20). The van der Waals surface area contributed by atoms with Gasteiger partial charge in [-0.05, 0) is 35.7 Å². The lowest BCUT2D eigenvalue weighted by Gasteiger charge is -2.03. The monoisotopic (exact) mass is 296 g/mol. The molecule has 1 N–H and O–H groups in total. The Hall–Kier alpha value is -2.20. The van der Waals surface area contributed by atoms with Gasteiger partial charge in [0.05, 0.1) is 10.2 Å². The summed E-state index contributed by atoms with van der Waals surface area (Å²) in [6.07, 6.45) is 0. The molecule has 0 unspecified atom stereocenters. The number of fused-ring (bicyclic) bond motifs is 1. The number of carbonyl (C=O) groups is 1. The molecule has 2 aromatic carbocycles. The van der Waals surface area contributed by atoms with Gasteiger partial charge in [-0.2, -0.15) is 0 Å². The first kappa shape index (κ1) is 13.8. The molecule has 106 valence electrons. The minimum absolute atomic E-state index is 0.126. The summed E-state index contributed by atoms with van der Waals surface area (Å²) in [6.45, 7) is 4.33. The zero-order valence-corrected chi connectivity index (χ0v) is 12.8. The first-order valence-corrected chi connectivity index (χ1v) is 7.72. The molecule has 3 rings (SSSR count). The summed E-state index contributed by atoms with van der Waals surface area (Å²) in [4.78, 5) is 16.6. The second-order valence-corrected chi connectivity index (χ2v) is 6.25. The number of hydrogen-bond donors (Lipinski definition) is 1. The van der Waals surface area contributed by atoms with Gasteiger partial charge in [0.25, 0.3) is 5.91 Å². The molecule has 21 heavy (non-hydrogen) atoms. The maximum Gasteiger partial charge on any atom is 0.257 e. The van der Waals surface area contributed by atoms with E-state index in [0.29, 0.717) is 16.6 Å². The molecule has 0 spiro atoms. The molecule has 0 aliphatic rings. The van der Waals surface area contributed by atoms with Crippen LogP contribution in [0.15, 0.2) is 48.5 Å². The van der Waals surface area contributed by atoms with Gasteiger partial charge in [-0.1, -0.05) is 49.4 Å². The van der Waals surface area contributed by atoms with Crippen LogP contribution in [-0.2, 0) is 0 Å². The van der Waals surface area contributed by atoms with Gasteiger partial charge in [-0.15, -0.1) is 0 Å². The van der Waals surface area contributed by atoms with Crippen LogP contribution in [0, 0.1) is 0 Å². The molecular formula is C17H16N2OS. The molecular weight excluding hydrogens is 280 g/mol. The number of thiazole rings is 1. The molecule has 0 saturated carbocycles. The fourth-order valence-electron chi connectivity index (χ4n) is 2.11. The fourth-order valence-corrected chi connectivity index (χ4v) is 3.02. The van der Waals surface area contributed by atoms with Crippen LogP contribution in [0.1, 0.15) is 35.7 Å². The van der Waals surface area contributed by atoms with Crippen LogP contribution in [0.25, 0.3) is 10.2 Å². The van der Waals surface area contributed by atoms with Gasteiger partial charge in [0.15, 0.2) is 5.13 Å². The summed E-state index contributed by atoms with van der Waals surface area (Å²) in [6, 6.07) is 15.4. The largest absolute Gasteiger partial charge is 0.298 e. The lowest BCUT2D eigenvalue weighted by atomic mass is 10.0. The number of nitrogens with zero attached hydrogens (tertiary/aromatic N) is 1. The Bertz CT molecular complexity index is 778. The number of hydrogen-bond acceptors (Lipinski definition) is 3. The minimum atomic E-state index is -0.126. The quantitative estimate of drug-likeness (QED) is 0.763. The van der Waals surface area contributed by atoms with Crippen molar-refractivity contribution in [1.29, 1.82) is 0 Å². The van der Waals surface area contributed by atoms with E-state index in [4.69, 9.17) is 0 Å². The molecule has 0 bridgehead atoms. The van der Waals surface area contributed by atoms with Crippen molar-refractivity contribution in [1.82, 2.24) is 4.98 Å². The third-order valence-corrected chi connectivity index (χ3v) is 4.27. The van der Waals surface area contributed by atoms with Gasteiger partial charge in [0.1, 0.15) is 0 Å². The number of benzene rings is 2. The maximum atomic E-state index is 12.1. The molecule has 1 aromatic heterocycles. The van der Waals surface area contributed by atoms with Crippen LogP contribution in [0.3, 0.4) is 0 Å². The van der Waals surface area contributed by atoms with Crippen LogP contribution in [0.5, 0.6) is 0 Å². The molecule has 1 amide bonds. The van der Waals surface area contributed by atoms with E-state index in [1.807, 2.05) is 24.3 Å². The molecule has 0 aliphatic heterocycles. The molecule has 3 aromatic rings. The van der Waals surface area contributed by atoms with Gasteiger partial charge in [-0.25, -0.2) is 4.98 Å². The van der Waals surface area contributed by atoms with E-state index >= 15 is 0 Å². The van der Waals surface area contributed by atoms with E-state index in [0.717, 1.165) is 10.2 Å². The number of anilines is 1. The van der Waals surface area contributed by atoms with Crippen LogP contribution >= 0.6 is 11.3 Å². The highest BCUT2D eigenvalue weighted by Gasteiger charge is 2.10. The number of nitrogens with one attached hydrogen (secondary N) is 1. The molecule has 3 nitrogen and oxygen atoms in total. The lowest BCUT2D eigenvalue weighted by Crippen LogP contribution is -2.11. The zero-order chi connectivity index (χ0) is 14.8. The Kier molecular flexibility index (Phi) is 3.71.